The molecule has 0 bridgehead atoms. The number of aromatic nitrogens is 1. The first-order chi connectivity index (χ1) is 12.9. The maximum Gasteiger partial charge on any atom is 0.340 e. The van der Waals surface area contributed by atoms with Crippen molar-refractivity contribution in [1.29, 1.82) is 0 Å². The van der Waals surface area contributed by atoms with Crippen LogP contribution in [0.5, 0.6) is 0 Å². The highest BCUT2D eigenvalue weighted by molar-refractivity contribution is 5.92. The summed E-state index contributed by atoms with van der Waals surface area (Å²) in [5.74, 6) is -0.283. The van der Waals surface area contributed by atoms with Gasteiger partial charge in [0.15, 0.2) is 0 Å². The van der Waals surface area contributed by atoms with Gasteiger partial charge >= 0.3 is 5.97 Å². The molecule has 0 spiro atoms. The lowest BCUT2D eigenvalue weighted by Gasteiger charge is -2.14. The highest BCUT2D eigenvalue weighted by Crippen LogP contribution is 2.20. The zero-order valence-electron chi connectivity index (χ0n) is 16.7. The molecule has 1 aromatic carbocycles. The molecule has 2 N–H and O–H groups in total. The molecule has 0 unspecified atom stereocenters. The van der Waals surface area contributed by atoms with Crippen molar-refractivity contribution in [3.05, 3.63) is 58.4 Å². The molecule has 1 aromatic heterocycles. The number of hydrogen-bond donors (Lipinski definition) is 2. The van der Waals surface area contributed by atoms with E-state index in [0.29, 0.717) is 25.0 Å². The van der Waals surface area contributed by atoms with Crippen LogP contribution in [0.15, 0.2) is 30.3 Å². The van der Waals surface area contributed by atoms with E-state index in [1.54, 1.807) is 6.92 Å². The first-order valence-corrected chi connectivity index (χ1v) is 9.60. The van der Waals surface area contributed by atoms with Gasteiger partial charge < -0.3 is 15.0 Å². The monoisotopic (exact) mass is 370 g/mol. The van der Waals surface area contributed by atoms with Crippen LogP contribution in [0.1, 0.15) is 59.6 Å². The zero-order valence-corrected chi connectivity index (χ0v) is 16.7. The number of aromatic amines is 1. The minimum absolute atomic E-state index is 0.0277. The summed E-state index contributed by atoms with van der Waals surface area (Å²) in [5, 5.41) is 3.06. The number of carbonyl (C=O) groups excluding carboxylic acids is 2. The molecule has 0 saturated carbocycles. The summed E-state index contributed by atoms with van der Waals surface area (Å²) in [7, 11) is 0. The van der Waals surface area contributed by atoms with Crippen LogP contribution >= 0.6 is 0 Å². The Balaban J connectivity index is 1.83. The van der Waals surface area contributed by atoms with Crippen LogP contribution in [0.4, 0.5) is 0 Å². The number of nitrogens with one attached hydrogen (secondary N) is 2. The Morgan fingerprint density at radius 1 is 1.15 bits per heavy atom. The number of hydrogen-bond acceptors (Lipinski definition) is 3. The topological polar surface area (TPSA) is 71.2 Å². The Labute approximate surface area is 161 Å². The van der Waals surface area contributed by atoms with Crippen molar-refractivity contribution in [2.24, 2.45) is 0 Å². The molecule has 1 heterocycles. The molecule has 5 nitrogen and oxygen atoms in total. The van der Waals surface area contributed by atoms with Crippen LogP contribution in [-0.4, -0.2) is 29.5 Å². The van der Waals surface area contributed by atoms with Crippen LogP contribution in [0.3, 0.4) is 0 Å². The third-order valence-corrected chi connectivity index (χ3v) is 4.74. The Bertz CT molecular complexity index is 765. The van der Waals surface area contributed by atoms with Gasteiger partial charge in [-0.3, -0.25) is 4.79 Å². The van der Waals surface area contributed by atoms with E-state index in [2.05, 4.69) is 22.4 Å². The first-order valence-electron chi connectivity index (χ1n) is 9.60. The second-order valence-electron chi connectivity index (χ2n) is 6.94. The van der Waals surface area contributed by atoms with Gasteiger partial charge in [-0.25, -0.2) is 4.79 Å². The summed E-state index contributed by atoms with van der Waals surface area (Å²) in [4.78, 5) is 27.5. The van der Waals surface area contributed by atoms with E-state index >= 15 is 0 Å². The molecule has 0 fully saturated rings. The van der Waals surface area contributed by atoms with E-state index < -0.39 is 0 Å². The largest absolute Gasteiger partial charge is 0.462 e. The molecular formula is C22H30N2O3. The highest BCUT2D eigenvalue weighted by Gasteiger charge is 2.19. The maximum absolute atomic E-state index is 12.3. The van der Waals surface area contributed by atoms with Gasteiger partial charge in [0.25, 0.3) is 0 Å². The fraction of sp³-hybridized carbons (Fsp3) is 0.455. The predicted molar refractivity (Wildman–Crippen MR) is 107 cm³/mol. The lowest BCUT2D eigenvalue weighted by molar-refractivity contribution is -0.121. The van der Waals surface area contributed by atoms with Crippen LogP contribution in [0.2, 0.25) is 0 Å². The molecule has 0 radical (unpaired) electrons. The van der Waals surface area contributed by atoms with Crippen molar-refractivity contribution in [3.8, 4) is 0 Å². The molecular weight excluding hydrogens is 340 g/mol. The van der Waals surface area contributed by atoms with Crippen molar-refractivity contribution >= 4 is 11.9 Å². The smallest absolute Gasteiger partial charge is 0.340 e. The van der Waals surface area contributed by atoms with Gasteiger partial charge in [0, 0.05) is 23.9 Å². The number of ether oxygens (including phenoxy) is 1. The Morgan fingerprint density at radius 3 is 2.52 bits per heavy atom. The first kappa shape index (κ1) is 20.7. The fourth-order valence-electron chi connectivity index (χ4n) is 3.26. The van der Waals surface area contributed by atoms with E-state index in [9.17, 15) is 9.59 Å². The second kappa shape index (κ2) is 9.95. The fourth-order valence-corrected chi connectivity index (χ4v) is 3.26. The molecule has 0 aliphatic carbocycles. The van der Waals surface area contributed by atoms with Crippen LogP contribution in [-0.2, 0) is 22.4 Å². The zero-order chi connectivity index (χ0) is 19.8. The van der Waals surface area contributed by atoms with Crippen LogP contribution < -0.4 is 5.32 Å². The molecule has 0 saturated heterocycles. The number of aryl methyl sites for hydroxylation is 3. The molecule has 27 heavy (non-hydrogen) atoms. The van der Waals surface area contributed by atoms with Gasteiger partial charge in [0.05, 0.1) is 12.2 Å². The van der Waals surface area contributed by atoms with Crippen LogP contribution in [0, 0.1) is 13.8 Å². The summed E-state index contributed by atoms with van der Waals surface area (Å²) in [6, 6.07) is 10.4. The summed E-state index contributed by atoms with van der Waals surface area (Å²) in [6.07, 6.45) is 2.81. The van der Waals surface area contributed by atoms with Gasteiger partial charge in [-0.2, -0.15) is 0 Å². The molecule has 0 aliphatic heterocycles. The van der Waals surface area contributed by atoms with Crippen molar-refractivity contribution in [3.63, 3.8) is 0 Å². The lowest BCUT2D eigenvalue weighted by Crippen LogP contribution is -2.33. The number of H-pyrrole nitrogens is 1. The summed E-state index contributed by atoms with van der Waals surface area (Å²) in [6.45, 7) is 7.92. The lowest BCUT2D eigenvalue weighted by atomic mass is 10.1. The quantitative estimate of drug-likeness (QED) is 0.658. The molecule has 1 amide bonds. The SMILES string of the molecule is CCOC(=O)c1c(C)[nH]c(CCC(=O)N[C@@H](C)CCc2ccccc2)c1C. The Morgan fingerprint density at radius 2 is 1.85 bits per heavy atom. The maximum atomic E-state index is 12.3. The number of rotatable bonds is 9. The predicted octanol–water partition coefficient (Wildman–Crippen LogP) is 3.88. The van der Waals surface area contributed by atoms with E-state index in [1.165, 1.54) is 5.56 Å². The summed E-state index contributed by atoms with van der Waals surface area (Å²) >= 11 is 0. The Hall–Kier alpha value is -2.56. The summed E-state index contributed by atoms with van der Waals surface area (Å²) < 4.78 is 5.11. The van der Waals surface area contributed by atoms with Gasteiger partial charge in [-0.1, -0.05) is 30.3 Å². The Kier molecular flexibility index (Phi) is 7.65. The van der Waals surface area contributed by atoms with Gasteiger partial charge in [0.2, 0.25) is 5.91 Å². The van der Waals surface area contributed by atoms with E-state index in [-0.39, 0.29) is 17.9 Å². The molecule has 1 atom stereocenters. The van der Waals surface area contributed by atoms with Gasteiger partial charge in [-0.15, -0.1) is 0 Å². The molecule has 2 aromatic rings. The van der Waals surface area contributed by atoms with Crippen molar-refractivity contribution < 1.29 is 14.3 Å². The van der Waals surface area contributed by atoms with Crippen molar-refractivity contribution in [1.82, 2.24) is 10.3 Å². The normalized spacial score (nSPS) is 11.9. The number of carbonyl (C=O) groups is 2. The van der Waals surface area contributed by atoms with E-state index in [4.69, 9.17) is 4.74 Å². The second-order valence-corrected chi connectivity index (χ2v) is 6.94. The standard InChI is InChI=1S/C22H30N2O3/c1-5-27-22(26)21-16(3)19(24-17(21)4)13-14-20(25)23-15(2)11-12-18-9-7-6-8-10-18/h6-10,15,24H,5,11-14H2,1-4H3,(H,23,25)/t15-/m0/s1. The molecule has 5 heteroatoms. The van der Waals surface area contributed by atoms with Crippen molar-refractivity contribution in [2.75, 3.05) is 6.61 Å². The number of benzene rings is 1. The molecule has 146 valence electrons. The highest BCUT2D eigenvalue weighted by atomic mass is 16.5. The summed E-state index contributed by atoms with van der Waals surface area (Å²) in [5.41, 5.74) is 4.45. The number of amides is 1. The third-order valence-electron chi connectivity index (χ3n) is 4.74. The minimum atomic E-state index is -0.311. The average Bonchev–Trinajstić information content (AvgIpc) is 2.93. The van der Waals surface area contributed by atoms with E-state index in [1.807, 2.05) is 39.0 Å². The van der Waals surface area contributed by atoms with E-state index in [0.717, 1.165) is 29.8 Å². The number of esters is 1. The van der Waals surface area contributed by atoms with Crippen LogP contribution in [0.25, 0.3) is 0 Å². The minimum Gasteiger partial charge on any atom is -0.462 e. The van der Waals surface area contributed by atoms with Crippen molar-refractivity contribution in [2.45, 2.75) is 59.4 Å². The molecule has 2 rings (SSSR count). The third kappa shape index (κ3) is 5.98. The average molecular weight is 370 g/mol. The van der Waals surface area contributed by atoms with Gasteiger partial charge in [0.1, 0.15) is 0 Å². The van der Waals surface area contributed by atoms with Gasteiger partial charge in [-0.05, 0) is 58.1 Å². The molecule has 0 aliphatic rings.